The molecule has 2 heteroatoms. The fraction of sp³-hybridized carbons (Fsp3) is 0.538. The van der Waals surface area contributed by atoms with Crippen LogP contribution in [0.3, 0.4) is 0 Å². The van der Waals surface area contributed by atoms with E-state index in [1.165, 1.54) is 24.8 Å². The molecule has 0 radical (unpaired) electrons. The van der Waals surface area contributed by atoms with Crippen LogP contribution < -0.4 is 5.32 Å². The van der Waals surface area contributed by atoms with Crippen molar-refractivity contribution in [3.8, 4) is 0 Å². The SMILES string of the molecule is CCCC[C@@H](CBr)NCc1ccccc1. The van der Waals surface area contributed by atoms with Crippen molar-refractivity contribution >= 4 is 15.9 Å². The lowest BCUT2D eigenvalue weighted by Crippen LogP contribution is -2.29. The van der Waals surface area contributed by atoms with Crippen molar-refractivity contribution in [2.45, 2.75) is 38.8 Å². The third kappa shape index (κ3) is 5.33. The summed E-state index contributed by atoms with van der Waals surface area (Å²) in [6.07, 6.45) is 3.84. The van der Waals surface area contributed by atoms with Gasteiger partial charge in [0.05, 0.1) is 0 Å². The maximum absolute atomic E-state index is 3.57. The molecule has 0 spiro atoms. The number of alkyl halides is 1. The Balaban J connectivity index is 2.28. The molecule has 0 unspecified atom stereocenters. The van der Waals surface area contributed by atoms with Crippen molar-refractivity contribution in [2.75, 3.05) is 5.33 Å². The van der Waals surface area contributed by atoms with Gasteiger partial charge < -0.3 is 5.32 Å². The molecular weight excluding hydrogens is 250 g/mol. The molecular formula is C13H20BrN. The van der Waals surface area contributed by atoms with Gasteiger partial charge in [-0.05, 0) is 12.0 Å². The Morgan fingerprint density at radius 3 is 2.60 bits per heavy atom. The molecule has 0 saturated heterocycles. The number of benzene rings is 1. The third-order valence-corrected chi connectivity index (χ3v) is 3.31. The van der Waals surface area contributed by atoms with E-state index in [0.717, 1.165) is 11.9 Å². The van der Waals surface area contributed by atoms with Crippen LogP contribution in [0.2, 0.25) is 0 Å². The van der Waals surface area contributed by atoms with Crippen LogP contribution in [0.4, 0.5) is 0 Å². The second kappa shape index (κ2) is 7.89. The fourth-order valence-corrected chi connectivity index (χ4v) is 2.10. The Morgan fingerprint density at radius 1 is 1.27 bits per heavy atom. The van der Waals surface area contributed by atoms with Gasteiger partial charge in [0.15, 0.2) is 0 Å². The van der Waals surface area contributed by atoms with Crippen molar-refractivity contribution in [1.29, 1.82) is 0 Å². The van der Waals surface area contributed by atoms with Crippen molar-refractivity contribution in [3.05, 3.63) is 35.9 Å². The van der Waals surface area contributed by atoms with E-state index in [1.54, 1.807) is 0 Å². The van der Waals surface area contributed by atoms with E-state index in [9.17, 15) is 0 Å². The van der Waals surface area contributed by atoms with Crippen molar-refractivity contribution in [2.24, 2.45) is 0 Å². The van der Waals surface area contributed by atoms with E-state index in [0.29, 0.717) is 6.04 Å². The predicted molar refractivity (Wildman–Crippen MR) is 70.4 cm³/mol. The van der Waals surface area contributed by atoms with Crippen LogP contribution in [0.5, 0.6) is 0 Å². The summed E-state index contributed by atoms with van der Waals surface area (Å²) in [5.41, 5.74) is 1.36. The molecule has 1 aromatic carbocycles. The maximum atomic E-state index is 3.57. The first-order chi connectivity index (χ1) is 7.36. The zero-order valence-electron chi connectivity index (χ0n) is 9.38. The molecule has 0 heterocycles. The Bertz CT molecular complexity index is 248. The highest BCUT2D eigenvalue weighted by Gasteiger charge is 2.04. The molecule has 0 bridgehead atoms. The van der Waals surface area contributed by atoms with Crippen molar-refractivity contribution in [1.82, 2.24) is 5.32 Å². The average molecular weight is 270 g/mol. The lowest BCUT2D eigenvalue weighted by atomic mass is 10.1. The molecule has 0 amide bonds. The topological polar surface area (TPSA) is 12.0 Å². The zero-order chi connectivity index (χ0) is 10.9. The van der Waals surface area contributed by atoms with Crippen LogP contribution in [-0.2, 0) is 6.54 Å². The normalized spacial score (nSPS) is 12.7. The molecule has 1 atom stereocenters. The van der Waals surface area contributed by atoms with E-state index < -0.39 is 0 Å². The maximum Gasteiger partial charge on any atom is 0.0208 e. The number of unbranched alkanes of at least 4 members (excludes halogenated alkanes) is 1. The zero-order valence-corrected chi connectivity index (χ0v) is 11.0. The van der Waals surface area contributed by atoms with Crippen LogP contribution in [0, 0.1) is 0 Å². The molecule has 0 aromatic heterocycles. The first-order valence-electron chi connectivity index (χ1n) is 5.70. The summed E-state index contributed by atoms with van der Waals surface area (Å²) in [6, 6.07) is 11.2. The molecule has 1 nitrogen and oxygen atoms in total. The third-order valence-electron chi connectivity index (χ3n) is 2.53. The quantitative estimate of drug-likeness (QED) is 0.744. The molecule has 0 fully saturated rings. The summed E-state index contributed by atoms with van der Waals surface area (Å²) in [6.45, 7) is 3.21. The average Bonchev–Trinajstić information content (AvgIpc) is 2.31. The van der Waals surface area contributed by atoms with Gasteiger partial charge in [0.1, 0.15) is 0 Å². The Labute approximate surface area is 101 Å². The minimum absolute atomic E-state index is 0.602. The minimum atomic E-state index is 0.602. The first-order valence-corrected chi connectivity index (χ1v) is 6.82. The lowest BCUT2D eigenvalue weighted by molar-refractivity contribution is 0.503. The Morgan fingerprint density at radius 2 is 2.00 bits per heavy atom. The number of halogens is 1. The second-order valence-corrected chi connectivity index (χ2v) is 4.51. The lowest BCUT2D eigenvalue weighted by Gasteiger charge is -2.15. The van der Waals surface area contributed by atoms with Crippen LogP contribution in [-0.4, -0.2) is 11.4 Å². The smallest absolute Gasteiger partial charge is 0.0208 e. The van der Waals surface area contributed by atoms with Crippen LogP contribution in [0.15, 0.2) is 30.3 Å². The van der Waals surface area contributed by atoms with Gasteiger partial charge in [-0.1, -0.05) is 66.0 Å². The summed E-state index contributed by atoms with van der Waals surface area (Å²) < 4.78 is 0. The molecule has 84 valence electrons. The largest absolute Gasteiger partial charge is 0.309 e. The van der Waals surface area contributed by atoms with E-state index >= 15 is 0 Å². The molecule has 1 aromatic rings. The van der Waals surface area contributed by atoms with E-state index in [4.69, 9.17) is 0 Å². The monoisotopic (exact) mass is 269 g/mol. The van der Waals surface area contributed by atoms with E-state index in [1.807, 2.05) is 0 Å². The van der Waals surface area contributed by atoms with E-state index in [2.05, 4.69) is 58.5 Å². The number of nitrogens with one attached hydrogen (secondary N) is 1. The summed E-state index contributed by atoms with van der Waals surface area (Å²) in [5.74, 6) is 0. The molecule has 0 aliphatic carbocycles. The second-order valence-electron chi connectivity index (χ2n) is 3.86. The van der Waals surface area contributed by atoms with Gasteiger partial charge in [0, 0.05) is 17.9 Å². The fourth-order valence-electron chi connectivity index (χ4n) is 1.54. The van der Waals surface area contributed by atoms with Gasteiger partial charge >= 0.3 is 0 Å². The van der Waals surface area contributed by atoms with Crippen molar-refractivity contribution in [3.63, 3.8) is 0 Å². The van der Waals surface area contributed by atoms with Crippen LogP contribution >= 0.6 is 15.9 Å². The van der Waals surface area contributed by atoms with Crippen LogP contribution in [0.1, 0.15) is 31.7 Å². The molecule has 15 heavy (non-hydrogen) atoms. The Hall–Kier alpha value is -0.340. The number of hydrogen-bond donors (Lipinski definition) is 1. The van der Waals surface area contributed by atoms with Gasteiger partial charge in [0.2, 0.25) is 0 Å². The number of rotatable bonds is 7. The molecule has 0 aliphatic rings. The summed E-state index contributed by atoms with van der Waals surface area (Å²) in [4.78, 5) is 0. The predicted octanol–water partition coefficient (Wildman–Crippen LogP) is 3.73. The Kier molecular flexibility index (Phi) is 6.69. The summed E-state index contributed by atoms with van der Waals surface area (Å²) in [7, 11) is 0. The highest BCUT2D eigenvalue weighted by atomic mass is 79.9. The molecule has 1 N–H and O–H groups in total. The minimum Gasteiger partial charge on any atom is -0.309 e. The molecule has 0 saturated carbocycles. The highest BCUT2D eigenvalue weighted by molar-refractivity contribution is 9.09. The molecule has 0 aliphatic heterocycles. The van der Waals surface area contributed by atoms with Gasteiger partial charge in [-0.25, -0.2) is 0 Å². The first kappa shape index (κ1) is 12.7. The highest BCUT2D eigenvalue weighted by Crippen LogP contribution is 2.05. The molecule has 1 rings (SSSR count). The number of hydrogen-bond acceptors (Lipinski definition) is 1. The van der Waals surface area contributed by atoms with Gasteiger partial charge in [-0.15, -0.1) is 0 Å². The van der Waals surface area contributed by atoms with Gasteiger partial charge in [0.25, 0.3) is 0 Å². The summed E-state index contributed by atoms with van der Waals surface area (Å²) >= 11 is 3.56. The van der Waals surface area contributed by atoms with Gasteiger partial charge in [-0.2, -0.15) is 0 Å². The summed E-state index contributed by atoms with van der Waals surface area (Å²) in [5, 5.41) is 4.62. The van der Waals surface area contributed by atoms with Crippen LogP contribution in [0.25, 0.3) is 0 Å². The van der Waals surface area contributed by atoms with E-state index in [-0.39, 0.29) is 0 Å². The van der Waals surface area contributed by atoms with Gasteiger partial charge in [-0.3, -0.25) is 0 Å². The van der Waals surface area contributed by atoms with Crippen molar-refractivity contribution < 1.29 is 0 Å². The standard InChI is InChI=1S/C13H20BrN/c1-2-3-9-13(10-14)15-11-12-7-5-4-6-8-12/h4-8,13,15H,2-3,9-11H2,1H3/t13-/m0/s1.